The van der Waals surface area contributed by atoms with E-state index in [1.54, 1.807) is 0 Å². The first-order chi connectivity index (χ1) is 13.2. The van der Waals surface area contributed by atoms with Crippen LogP contribution in [0.5, 0.6) is 5.75 Å². The predicted molar refractivity (Wildman–Crippen MR) is 112 cm³/mol. The maximum Gasteiger partial charge on any atom is 0.138 e. The minimum atomic E-state index is 0.717. The molecule has 0 radical (unpaired) electrons. The Bertz CT molecular complexity index is 834. The Kier molecular flexibility index (Phi) is 4.65. The van der Waals surface area contributed by atoms with Crippen LogP contribution in [0.4, 0.5) is 0 Å². The summed E-state index contributed by atoms with van der Waals surface area (Å²) in [4.78, 5) is 2.58. The molecule has 0 amide bonds. The average molecular weight is 382 g/mol. The molecule has 3 heteroatoms. The molecule has 1 saturated heterocycles. The smallest absolute Gasteiger partial charge is 0.138 e. The minimum Gasteiger partial charge on any atom is -0.492 e. The van der Waals surface area contributed by atoms with Gasteiger partial charge < -0.3 is 9.64 Å². The van der Waals surface area contributed by atoms with E-state index in [1.807, 2.05) is 6.07 Å². The van der Waals surface area contributed by atoms with E-state index in [0.29, 0.717) is 5.41 Å². The normalized spacial score (nSPS) is 20.2. The average Bonchev–Trinajstić information content (AvgIpc) is 3.08. The lowest BCUT2D eigenvalue weighted by atomic mass is 9.63. The van der Waals surface area contributed by atoms with E-state index in [4.69, 9.17) is 16.3 Å². The molecule has 2 nitrogen and oxygen atoms in total. The van der Waals surface area contributed by atoms with Crippen LogP contribution in [0.2, 0.25) is 5.02 Å². The zero-order chi connectivity index (χ0) is 18.3. The topological polar surface area (TPSA) is 12.5 Å². The molecule has 0 atom stereocenters. The molecule has 2 fully saturated rings. The first-order valence-corrected chi connectivity index (χ1v) is 10.9. The molecule has 0 aromatic heterocycles. The number of fused-ring (bicyclic) bond motifs is 1. The molecular weight excluding hydrogens is 354 g/mol. The van der Waals surface area contributed by atoms with Gasteiger partial charge in [-0.1, -0.05) is 48.4 Å². The Morgan fingerprint density at radius 2 is 1.78 bits per heavy atom. The van der Waals surface area contributed by atoms with E-state index in [9.17, 15) is 0 Å². The van der Waals surface area contributed by atoms with Gasteiger partial charge in [-0.2, -0.15) is 0 Å². The molecule has 1 saturated carbocycles. The lowest BCUT2D eigenvalue weighted by Gasteiger charge is -2.56. The van der Waals surface area contributed by atoms with E-state index < -0.39 is 0 Å². The van der Waals surface area contributed by atoms with E-state index in [2.05, 4.69) is 35.2 Å². The SMILES string of the molecule is Clc1c(OCCCN2CC3(CCC3)C2)cccc1-c1cccc2c1CCC2. The zero-order valence-corrected chi connectivity index (χ0v) is 16.7. The van der Waals surface area contributed by atoms with Gasteiger partial charge in [-0.25, -0.2) is 0 Å². The van der Waals surface area contributed by atoms with E-state index in [-0.39, 0.29) is 0 Å². The summed E-state index contributed by atoms with van der Waals surface area (Å²) in [7, 11) is 0. The molecule has 1 heterocycles. The largest absolute Gasteiger partial charge is 0.492 e. The van der Waals surface area contributed by atoms with Crippen molar-refractivity contribution >= 4 is 11.6 Å². The number of nitrogens with zero attached hydrogens (tertiary/aromatic N) is 1. The summed E-state index contributed by atoms with van der Waals surface area (Å²) in [5.74, 6) is 0.823. The highest BCUT2D eigenvalue weighted by atomic mass is 35.5. The first kappa shape index (κ1) is 17.6. The fraction of sp³-hybridized carbons (Fsp3) is 0.500. The van der Waals surface area contributed by atoms with Crippen LogP contribution in [0.1, 0.15) is 43.2 Å². The van der Waals surface area contributed by atoms with Gasteiger partial charge in [-0.05, 0) is 66.7 Å². The van der Waals surface area contributed by atoms with Crippen molar-refractivity contribution in [1.29, 1.82) is 0 Å². The third kappa shape index (κ3) is 3.28. The molecule has 142 valence electrons. The van der Waals surface area contributed by atoms with E-state index in [1.165, 1.54) is 61.9 Å². The van der Waals surface area contributed by atoms with Crippen molar-refractivity contribution in [2.75, 3.05) is 26.2 Å². The molecule has 2 aromatic rings. The molecule has 0 bridgehead atoms. The van der Waals surface area contributed by atoms with Gasteiger partial charge in [0.1, 0.15) is 5.75 Å². The summed E-state index contributed by atoms with van der Waals surface area (Å²) in [6.45, 7) is 4.50. The van der Waals surface area contributed by atoms with Crippen LogP contribution in [-0.4, -0.2) is 31.1 Å². The van der Waals surface area contributed by atoms with Crippen molar-refractivity contribution in [2.45, 2.75) is 44.9 Å². The summed E-state index contributed by atoms with van der Waals surface area (Å²) in [6, 6.07) is 12.8. The van der Waals surface area contributed by atoms with Gasteiger partial charge in [-0.3, -0.25) is 0 Å². The van der Waals surface area contributed by atoms with Crippen LogP contribution in [-0.2, 0) is 12.8 Å². The van der Waals surface area contributed by atoms with E-state index >= 15 is 0 Å². The number of aryl methyl sites for hydroxylation is 1. The highest BCUT2D eigenvalue weighted by Gasteiger charge is 2.46. The number of ether oxygens (including phenoxy) is 1. The van der Waals surface area contributed by atoms with Crippen molar-refractivity contribution in [2.24, 2.45) is 5.41 Å². The van der Waals surface area contributed by atoms with Crippen LogP contribution >= 0.6 is 11.6 Å². The molecule has 5 rings (SSSR count). The number of halogens is 1. The second-order valence-corrected chi connectivity index (χ2v) is 9.06. The Morgan fingerprint density at radius 1 is 0.963 bits per heavy atom. The van der Waals surface area contributed by atoms with Crippen molar-refractivity contribution in [3.63, 3.8) is 0 Å². The molecule has 1 aliphatic heterocycles. The third-order valence-corrected chi connectivity index (χ3v) is 7.20. The molecule has 0 unspecified atom stereocenters. The first-order valence-electron chi connectivity index (χ1n) is 10.5. The number of likely N-dealkylation sites (tertiary alicyclic amines) is 1. The quantitative estimate of drug-likeness (QED) is 0.590. The van der Waals surface area contributed by atoms with Crippen LogP contribution in [0.25, 0.3) is 11.1 Å². The van der Waals surface area contributed by atoms with Gasteiger partial charge in [0.25, 0.3) is 0 Å². The Labute approximate surface area is 167 Å². The van der Waals surface area contributed by atoms with Gasteiger partial charge >= 0.3 is 0 Å². The lowest BCUT2D eigenvalue weighted by molar-refractivity contribution is -0.0608. The van der Waals surface area contributed by atoms with Crippen LogP contribution in [0, 0.1) is 5.41 Å². The second-order valence-electron chi connectivity index (χ2n) is 8.68. The molecule has 27 heavy (non-hydrogen) atoms. The number of rotatable bonds is 6. The minimum absolute atomic E-state index is 0.717. The third-order valence-electron chi connectivity index (χ3n) is 6.81. The summed E-state index contributed by atoms with van der Waals surface area (Å²) in [6.07, 6.45) is 9.00. The van der Waals surface area contributed by atoms with Gasteiger partial charge in [0.05, 0.1) is 11.6 Å². The summed E-state index contributed by atoms with van der Waals surface area (Å²) >= 11 is 6.75. The number of benzene rings is 2. The van der Waals surface area contributed by atoms with Crippen LogP contribution < -0.4 is 4.74 Å². The predicted octanol–water partition coefficient (Wildman–Crippen LogP) is 5.75. The monoisotopic (exact) mass is 381 g/mol. The fourth-order valence-electron chi connectivity index (χ4n) is 5.23. The molecule has 0 N–H and O–H groups in total. The van der Waals surface area contributed by atoms with Crippen molar-refractivity contribution in [3.05, 3.63) is 52.5 Å². The van der Waals surface area contributed by atoms with Gasteiger partial charge in [0.2, 0.25) is 0 Å². The Hall–Kier alpha value is -1.51. The zero-order valence-electron chi connectivity index (χ0n) is 16.0. The van der Waals surface area contributed by atoms with Crippen molar-refractivity contribution in [1.82, 2.24) is 4.90 Å². The van der Waals surface area contributed by atoms with Gasteiger partial charge in [-0.15, -0.1) is 0 Å². The molecule has 2 aromatic carbocycles. The van der Waals surface area contributed by atoms with Crippen molar-refractivity contribution in [3.8, 4) is 16.9 Å². The van der Waals surface area contributed by atoms with Crippen LogP contribution in [0.15, 0.2) is 36.4 Å². The number of hydrogen-bond donors (Lipinski definition) is 0. The molecule has 2 aliphatic carbocycles. The maximum atomic E-state index is 6.75. The highest BCUT2D eigenvalue weighted by Crippen LogP contribution is 2.48. The Balaban J connectivity index is 1.21. The second kappa shape index (κ2) is 7.14. The van der Waals surface area contributed by atoms with Crippen LogP contribution in [0.3, 0.4) is 0 Å². The summed E-state index contributed by atoms with van der Waals surface area (Å²) in [5.41, 5.74) is 6.07. The standard InChI is InChI=1S/C24H28ClNO/c25-23-21(20-9-2-7-18-6-1-8-19(18)20)10-3-11-22(23)27-15-5-14-26-16-24(17-26)12-4-13-24/h2-3,7,9-11H,1,4-6,8,12-17H2. The molecule has 3 aliphatic rings. The molecule has 1 spiro atoms. The Morgan fingerprint density at radius 3 is 2.59 bits per heavy atom. The van der Waals surface area contributed by atoms with E-state index in [0.717, 1.165) is 42.3 Å². The number of hydrogen-bond acceptors (Lipinski definition) is 2. The fourth-order valence-corrected chi connectivity index (χ4v) is 5.51. The van der Waals surface area contributed by atoms with Gasteiger partial charge in [0.15, 0.2) is 0 Å². The highest BCUT2D eigenvalue weighted by molar-refractivity contribution is 6.34. The molecular formula is C24H28ClNO. The van der Waals surface area contributed by atoms with Gasteiger partial charge in [0, 0.05) is 25.2 Å². The maximum absolute atomic E-state index is 6.75. The lowest BCUT2D eigenvalue weighted by Crippen LogP contribution is -2.59. The van der Waals surface area contributed by atoms with Crippen molar-refractivity contribution < 1.29 is 4.74 Å². The summed E-state index contributed by atoms with van der Waals surface area (Å²) < 4.78 is 6.07. The summed E-state index contributed by atoms with van der Waals surface area (Å²) in [5, 5.41) is 0.759.